The fourth-order valence-corrected chi connectivity index (χ4v) is 1.66. The molecule has 0 fully saturated rings. The summed E-state index contributed by atoms with van der Waals surface area (Å²) in [4.78, 5) is 22.9. The summed E-state index contributed by atoms with van der Waals surface area (Å²) in [5, 5.41) is 11.5. The van der Waals surface area contributed by atoms with Crippen LogP contribution in [0.15, 0.2) is 24.3 Å². The number of carboxylic acids is 1. The van der Waals surface area contributed by atoms with E-state index in [2.05, 4.69) is 5.32 Å². The number of carbonyl (C=O) groups excluding carboxylic acids is 1. The molecule has 104 valence electrons. The molecule has 0 aliphatic heterocycles. The van der Waals surface area contributed by atoms with Gasteiger partial charge < -0.3 is 15.2 Å². The summed E-state index contributed by atoms with van der Waals surface area (Å²) >= 11 is 0. The van der Waals surface area contributed by atoms with Crippen LogP contribution in [0.3, 0.4) is 0 Å². The zero-order chi connectivity index (χ0) is 14.4. The second kappa shape index (κ2) is 6.89. The molecule has 0 saturated carbocycles. The van der Waals surface area contributed by atoms with Gasteiger partial charge in [0, 0.05) is 12.7 Å². The lowest BCUT2D eigenvalue weighted by Crippen LogP contribution is -2.44. The Labute approximate surface area is 112 Å². The van der Waals surface area contributed by atoms with Gasteiger partial charge in [-0.3, -0.25) is 4.79 Å². The number of hydrogen-bond acceptors (Lipinski definition) is 3. The summed E-state index contributed by atoms with van der Waals surface area (Å²) in [5.41, 5.74) is 1.39. The third kappa shape index (κ3) is 4.37. The van der Waals surface area contributed by atoms with E-state index in [-0.39, 0.29) is 11.8 Å². The van der Waals surface area contributed by atoms with Crippen LogP contribution in [0.2, 0.25) is 0 Å². The molecular formula is C14H19NO4. The highest BCUT2D eigenvalue weighted by Gasteiger charge is 2.23. The van der Waals surface area contributed by atoms with Gasteiger partial charge in [-0.2, -0.15) is 0 Å². The van der Waals surface area contributed by atoms with E-state index in [0.29, 0.717) is 12.2 Å². The summed E-state index contributed by atoms with van der Waals surface area (Å²) in [6.45, 7) is 3.98. The fraction of sp³-hybridized carbons (Fsp3) is 0.429. The van der Waals surface area contributed by atoms with Crippen LogP contribution in [0.1, 0.15) is 29.8 Å². The van der Waals surface area contributed by atoms with Gasteiger partial charge in [0.05, 0.1) is 6.61 Å². The number of amides is 1. The zero-order valence-electron chi connectivity index (χ0n) is 11.3. The number of aliphatic carboxylic acids is 1. The lowest BCUT2D eigenvalue weighted by molar-refractivity contribution is -0.140. The first kappa shape index (κ1) is 15.2. The van der Waals surface area contributed by atoms with E-state index in [1.807, 2.05) is 0 Å². The van der Waals surface area contributed by atoms with Gasteiger partial charge in [-0.05, 0) is 23.6 Å². The Bertz CT molecular complexity index is 439. The van der Waals surface area contributed by atoms with Gasteiger partial charge in [-0.1, -0.05) is 26.0 Å². The number of hydrogen-bond donors (Lipinski definition) is 2. The molecule has 5 nitrogen and oxygen atoms in total. The quantitative estimate of drug-likeness (QED) is 0.820. The van der Waals surface area contributed by atoms with Gasteiger partial charge in [0.25, 0.3) is 5.91 Å². The van der Waals surface area contributed by atoms with E-state index in [0.717, 1.165) is 5.56 Å². The molecule has 0 bridgehead atoms. The lowest BCUT2D eigenvalue weighted by atomic mass is 10.0. The standard InChI is InChI=1S/C14H19NO4/c1-9(2)12(14(17)18)15-13(16)11-6-4-10(5-7-11)8-19-3/h4-7,9,12H,8H2,1-3H3,(H,15,16)(H,17,18)/t12-/m1/s1. The van der Waals surface area contributed by atoms with Crippen molar-refractivity contribution in [2.75, 3.05) is 7.11 Å². The third-order valence-electron chi connectivity index (χ3n) is 2.75. The molecule has 0 aromatic heterocycles. The molecule has 0 unspecified atom stereocenters. The molecule has 5 heteroatoms. The molecule has 0 aliphatic carbocycles. The highest BCUT2D eigenvalue weighted by Crippen LogP contribution is 2.08. The largest absolute Gasteiger partial charge is 0.480 e. The molecule has 1 aromatic carbocycles. The SMILES string of the molecule is COCc1ccc(C(=O)N[C@@H](C(=O)O)C(C)C)cc1. The number of benzene rings is 1. The monoisotopic (exact) mass is 265 g/mol. The molecule has 1 amide bonds. The second-order valence-electron chi connectivity index (χ2n) is 4.66. The molecule has 0 radical (unpaired) electrons. The van der Waals surface area contributed by atoms with E-state index in [1.54, 1.807) is 45.2 Å². The van der Waals surface area contributed by atoms with Crippen molar-refractivity contribution in [3.63, 3.8) is 0 Å². The summed E-state index contributed by atoms with van der Waals surface area (Å²) < 4.78 is 4.98. The van der Waals surface area contributed by atoms with Gasteiger partial charge in [0.1, 0.15) is 6.04 Å². The Morgan fingerprint density at radius 2 is 1.84 bits per heavy atom. The average Bonchev–Trinajstić information content (AvgIpc) is 2.36. The molecule has 0 spiro atoms. The average molecular weight is 265 g/mol. The number of nitrogens with one attached hydrogen (secondary N) is 1. The first-order chi connectivity index (χ1) is 8.95. The topological polar surface area (TPSA) is 75.6 Å². The fourth-order valence-electron chi connectivity index (χ4n) is 1.66. The molecule has 1 aromatic rings. The molecule has 1 rings (SSSR count). The minimum Gasteiger partial charge on any atom is -0.480 e. The summed E-state index contributed by atoms with van der Waals surface area (Å²) in [6.07, 6.45) is 0. The van der Waals surface area contributed by atoms with Crippen LogP contribution in [0.5, 0.6) is 0 Å². The van der Waals surface area contributed by atoms with Crippen molar-refractivity contribution < 1.29 is 19.4 Å². The molecule has 2 N–H and O–H groups in total. The summed E-state index contributed by atoms with van der Waals surface area (Å²) in [6, 6.07) is 5.99. The van der Waals surface area contributed by atoms with Crippen molar-refractivity contribution in [2.24, 2.45) is 5.92 Å². The Balaban J connectivity index is 2.74. The van der Waals surface area contributed by atoms with Gasteiger partial charge >= 0.3 is 5.97 Å². The predicted molar refractivity (Wildman–Crippen MR) is 70.9 cm³/mol. The van der Waals surface area contributed by atoms with Crippen molar-refractivity contribution in [1.82, 2.24) is 5.32 Å². The predicted octanol–water partition coefficient (Wildman–Crippen LogP) is 1.67. The third-order valence-corrected chi connectivity index (χ3v) is 2.75. The highest BCUT2D eigenvalue weighted by molar-refractivity contribution is 5.96. The Hall–Kier alpha value is -1.88. The maximum Gasteiger partial charge on any atom is 0.326 e. The Morgan fingerprint density at radius 3 is 2.26 bits per heavy atom. The van der Waals surface area contributed by atoms with Gasteiger partial charge in [0.15, 0.2) is 0 Å². The number of methoxy groups -OCH3 is 1. The van der Waals surface area contributed by atoms with Crippen molar-refractivity contribution >= 4 is 11.9 Å². The van der Waals surface area contributed by atoms with E-state index >= 15 is 0 Å². The van der Waals surface area contributed by atoms with Crippen LogP contribution >= 0.6 is 0 Å². The molecule has 0 aliphatic rings. The first-order valence-electron chi connectivity index (χ1n) is 6.07. The van der Waals surface area contributed by atoms with Crippen LogP contribution in [0.25, 0.3) is 0 Å². The molecular weight excluding hydrogens is 246 g/mol. The Morgan fingerprint density at radius 1 is 1.26 bits per heavy atom. The maximum atomic E-state index is 11.9. The second-order valence-corrected chi connectivity index (χ2v) is 4.66. The minimum atomic E-state index is -1.03. The van der Waals surface area contributed by atoms with Gasteiger partial charge in [-0.15, -0.1) is 0 Å². The number of carboxylic acid groups (broad SMARTS) is 1. The van der Waals surface area contributed by atoms with E-state index < -0.39 is 12.0 Å². The minimum absolute atomic E-state index is 0.172. The van der Waals surface area contributed by atoms with Crippen molar-refractivity contribution in [2.45, 2.75) is 26.5 Å². The van der Waals surface area contributed by atoms with E-state index in [4.69, 9.17) is 9.84 Å². The lowest BCUT2D eigenvalue weighted by Gasteiger charge is -2.17. The molecule has 0 saturated heterocycles. The summed E-state index contributed by atoms with van der Waals surface area (Å²) in [5.74, 6) is -1.58. The smallest absolute Gasteiger partial charge is 0.326 e. The van der Waals surface area contributed by atoms with E-state index in [1.165, 1.54) is 0 Å². The van der Waals surface area contributed by atoms with Crippen molar-refractivity contribution in [3.8, 4) is 0 Å². The Kier molecular flexibility index (Phi) is 5.51. The van der Waals surface area contributed by atoms with Crippen LogP contribution in [0.4, 0.5) is 0 Å². The number of ether oxygens (including phenoxy) is 1. The zero-order valence-corrected chi connectivity index (χ0v) is 11.3. The molecule has 1 atom stereocenters. The first-order valence-corrected chi connectivity index (χ1v) is 6.07. The molecule has 19 heavy (non-hydrogen) atoms. The normalized spacial score (nSPS) is 12.2. The van der Waals surface area contributed by atoms with E-state index in [9.17, 15) is 9.59 Å². The number of carbonyl (C=O) groups is 2. The van der Waals surface area contributed by atoms with Gasteiger partial charge in [0.2, 0.25) is 0 Å². The summed E-state index contributed by atoms with van der Waals surface area (Å²) in [7, 11) is 1.60. The van der Waals surface area contributed by atoms with Crippen LogP contribution < -0.4 is 5.32 Å². The van der Waals surface area contributed by atoms with Crippen LogP contribution in [0, 0.1) is 5.92 Å². The van der Waals surface area contributed by atoms with Crippen molar-refractivity contribution in [1.29, 1.82) is 0 Å². The maximum absolute atomic E-state index is 11.9. The van der Waals surface area contributed by atoms with Gasteiger partial charge in [-0.25, -0.2) is 4.79 Å². The number of rotatable bonds is 6. The van der Waals surface area contributed by atoms with Crippen molar-refractivity contribution in [3.05, 3.63) is 35.4 Å². The van der Waals surface area contributed by atoms with Crippen LogP contribution in [-0.4, -0.2) is 30.1 Å². The highest BCUT2D eigenvalue weighted by atomic mass is 16.5. The van der Waals surface area contributed by atoms with Crippen LogP contribution in [-0.2, 0) is 16.1 Å². The molecule has 0 heterocycles.